The summed E-state index contributed by atoms with van der Waals surface area (Å²) in [5.41, 5.74) is 0. The van der Waals surface area contributed by atoms with Gasteiger partial charge in [0, 0.05) is 20.1 Å². The molecule has 2 unspecified atom stereocenters. The second-order valence-corrected chi connectivity index (χ2v) is 5.09. The van der Waals surface area contributed by atoms with Crippen molar-refractivity contribution in [1.82, 2.24) is 15.5 Å². The molecular formula is C11H17ClN4O2. The number of hydrogen-bond acceptors (Lipinski definition) is 5. The summed E-state index contributed by atoms with van der Waals surface area (Å²) in [5.74, 6) is 0.450. The quantitative estimate of drug-likeness (QED) is 0.841. The van der Waals surface area contributed by atoms with Gasteiger partial charge >= 0.3 is 6.01 Å². The summed E-state index contributed by atoms with van der Waals surface area (Å²) in [6, 6.07) is 0.450. The summed E-state index contributed by atoms with van der Waals surface area (Å²) >= 11 is 5.88. The van der Waals surface area contributed by atoms with Crippen molar-refractivity contribution in [2.45, 2.75) is 25.1 Å². The van der Waals surface area contributed by atoms with E-state index in [4.69, 9.17) is 16.0 Å². The topological polar surface area (TPSA) is 71.3 Å². The number of amides is 1. The fourth-order valence-electron chi connectivity index (χ4n) is 2.08. The molecule has 1 amide bonds. The first-order valence-corrected chi connectivity index (χ1v) is 6.49. The summed E-state index contributed by atoms with van der Waals surface area (Å²) < 4.78 is 5.49. The van der Waals surface area contributed by atoms with Gasteiger partial charge in [-0.05, 0) is 19.8 Å². The Hall–Kier alpha value is -1.30. The van der Waals surface area contributed by atoms with Gasteiger partial charge in [0.05, 0.1) is 5.92 Å². The lowest BCUT2D eigenvalue weighted by Gasteiger charge is -2.30. The first-order valence-electron chi connectivity index (χ1n) is 6.06. The predicted molar refractivity (Wildman–Crippen MR) is 67.6 cm³/mol. The second kappa shape index (κ2) is 5.56. The van der Waals surface area contributed by atoms with Crippen LogP contribution in [0.2, 0.25) is 0 Å². The number of aromatic nitrogens is 2. The Morgan fingerprint density at radius 3 is 3.00 bits per heavy atom. The van der Waals surface area contributed by atoms with E-state index in [1.54, 1.807) is 14.0 Å². The van der Waals surface area contributed by atoms with E-state index in [2.05, 4.69) is 15.5 Å². The first-order chi connectivity index (χ1) is 8.61. The highest BCUT2D eigenvalue weighted by atomic mass is 35.5. The fourth-order valence-corrected chi connectivity index (χ4v) is 2.17. The maximum Gasteiger partial charge on any atom is 0.318 e. The van der Waals surface area contributed by atoms with Crippen LogP contribution in [0.5, 0.6) is 0 Å². The number of piperidine rings is 1. The number of rotatable bonds is 3. The Bertz CT molecular complexity index is 421. The number of nitrogens with one attached hydrogen (secondary N) is 1. The van der Waals surface area contributed by atoms with Gasteiger partial charge in [-0.25, -0.2) is 0 Å². The Morgan fingerprint density at radius 1 is 1.61 bits per heavy atom. The van der Waals surface area contributed by atoms with Crippen molar-refractivity contribution in [1.29, 1.82) is 0 Å². The standard InChI is InChI=1S/C11H17ClN4O2/c1-7(12)10-14-15-11(18-10)16-5-3-4-8(6-16)9(17)13-2/h7-8H,3-6H2,1-2H3,(H,13,17). The van der Waals surface area contributed by atoms with Gasteiger partial charge in [-0.3, -0.25) is 4.79 Å². The average Bonchev–Trinajstić information content (AvgIpc) is 2.88. The molecular weight excluding hydrogens is 256 g/mol. The lowest BCUT2D eigenvalue weighted by molar-refractivity contribution is -0.124. The van der Waals surface area contributed by atoms with Crippen molar-refractivity contribution in [2.24, 2.45) is 5.92 Å². The van der Waals surface area contributed by atoms with Gasteiger partial charge in [0.2, 0.25) is 11.8 Å². The Morgan fingerprint density at radius 2 is 2.39 bits per heavy atom. The molecule has 2 atom stereocenters. The number of hydrogen-bond donors (Lipinski definition) is 1. The number of alkyl halides is 1. The highest BCUT2D eigenvalue weighted by Gasteiger charge is 2.28. The van der Waals surface area contributed by atoms with Gasteiger partial charge in [-0.2, -0.15) is 0 Å². The Kier molecular flexibility index (Phi) is 4.06. The number of carbonyl (C=O) groups excluding carboxylic acids is 1. The number of carbonyl (C=O) groups is 1. The lowest BCUT2D eigenvalue weighted by atomic mass is 9.97. The zero-order valence-electron chi connectivity index (χ0n) is 10.5. The zero-order chi connectivity index (χ0) is 13.1. The highest BCUT2D eigenvalue weighted by molar-refractivity contribution is 6.20. The summed E-state index contributed by atoms with van der Waals surface area (Å²) in [5, 5.41) is 10.2. The number of nitrogens with zero attached hydrogens (tertiary/aromatic N) is 3. The molecule has 1 aromatic rings. The van der Waals surface area contributed by atoms with E-state index in [-0.39, 0.29) is 17.2 Å². The van der Waals surface area contributed by atoms with Crippen molar-refractivity contribution >= 4 is 23.5 Å². The molecule has 100 valence electrons. The van der Waals surface area contributed by atoms with E-state index < -0.39 is 0 Å². The molecule has 0 aromatic carbocycles. The summed E-state index contributed by atoms with van der Waals surface area (Å²) in [4.78, 5) is 13.6. The predicted octanol–water partition coefficient (Wildman–Crippen LogP) is 1.33. The number of anilines is 1. The second-order valence-electron chi connectivity index (χ2n) is 4.44. The van der Waals surface area contributed by atoms with Crippen LogP contribution in [0.3, 0.4) is 0 Å². The molecule has 1 saturated heterocycles. The van der Waals surface area contributed by atoms with Crippen molar-refractivity contribution in [3.05, 3.63) is 5.89 Å². The van der Waals surface area contributed by atoms with Gasteiger partial charge in [-0.1, -0.05) is 5.10 Å². The summed E-state index contributed by atoms with van der Waals surface area (Å²) in [6.07, 6.45) is 1.83. The van der Waals surface area contributed by atoms with E-state index in [0.29, 0.717) is 18.5 Å². The molecule has 0 saturated carbocycles. The monoisotopic (exact) mass is 272 g/mol. The third kappa shape index (κ3) is 2.75. The fraction of sp³-hybridized carbons (Fsp3) is 0.727. The van der Waals surface area contributed by atoms with Crippen LogP contribution in [0.4, 0.5) is 6.01 Å². The molecule has 2 heterocycles. The van der Waals surface area contributed by atoms with E-state index in [1.807, 2.05) is 4.90 Å². The van der Waals surface area contributed by atoms with Gasteiger partial charge < -0.3 is 14.6 Å². The molecule has 0 radical (unpaired) electrons. The molecule has 7 heteroatoms. The van der Waals surface area contributed by atoms with Crippen LogP contribution in [0.25, 0.3) is 0 Å². The van der Waals surface area contributed by atoms with Crippen molar-refractivity contribution in [3.8, 4) is 0 Å². The Labute approximate surface area is 111 Å². The van der Waals surface area contributed by atoms with E-state index >= 15 is 0 Å². The lowest BCUT2D eigenvalue weighted by Crippen LogP contribution is -2.42. The minimum atomic E-state index is -0.300. The minimum Gasteiger partial charge on any atom is -0.406 e. The van der Waals surface area contributed by atoms with Crippen molar-refractivity contribution < 1.29 is 9.21 Å². The molecule has 6 nitrogen and oxygen atoms in total. The molecule has 1 aliphatic rings. The van der Waals surface area contributed by atoms with Crippen LogP contribution < -0.4 is 10.2 Å². The van der Waals surface area contributed by atoms with Gasteiger partial charge in [-0.15, -0.1) is 16.7 Å². The smallest absolute Gasteiger partial charge is 0.318 e. The van der Waals surface area contributed by atoms with Crippen LogP contribution >= 0.6 is 11.6 Å². The molecule has 18 heavy (non-hydrogen) atoms. The molecule has 0 aliphatic carbocycles. The van der Waals surface area contributed by atoms with Gasteiger partial charge in [0.25, 0.3) is 0 Å². The third-order valence-electron chi connectivity index (χ3n) is 3.08. The van der Waals surface area contributed by atoms with Crippen LogP contribution in [0.15, 0.2) is 4.42 Å². The average molecular weight is 273 g/mol. The first kappa shape index (κ1) is 13.1. The largest absolute Gasteiger partial charge is 0.406 e. The molecule has 0 spiro atoms. The molecule has 1 N–H and O–H groups in total. The maximum absolute atomic E-state index is 11.6. The maximum atomic E-state index is 11.6. The van der Waals surface area contributed by atoms with E-state index in [9.17, 15) is 4.79 Å². The highest BCUT2D eigenvalue weighted by Crippen LogP contribution is 2.25. The normalized spacial score (nSPS) is 21.7. The molecule has 2 rings (SSSR count). The van der Waals surface area contributed by atoms with Crippen LogP contribution in [-0.4, -0.2) is 36.2 Å². The Balaban J connectivity index is 2.05. The molecule has 0 bridgehead atoms. The van der Waals surface area contributed by atoms with Crippen LogP contribution in [0, 0.1) is 5.92 Å². The third-order valence-corrected chi connectivity index (χ3v) is 3.27. The van der Waals surface area contributed by atoms with Crippen LogP contribution in [0.1, 0.15) is 31.0 Å². The van der Waals surface area contributed by atoms with E-state index in [1.165, 1.54) is 0 Å². The van der Waals surface area contributed by atoms with Crippen molar-refractivity contribution in [2.75, 3.05) is 25.0 Å². The van der Waals surface area contributed by atoms with Crippen molar-refractivity contribution in [3.63, 3.8) is 0 Å². The molecule has 1 aliphatic heterocycles. The summed E-state index contributed by atoms with van der Waals surface area (Å²) in [7, 11) is 1.65. The zero-order valence-corrected chi connectivity index (χ0v) is 11.3. The summed E-state index contributed by atoms with van der Waals surface area (Å²) in [6.45, 7) is 3.21. The number of halogens is 1. The SMILES string of the molecule is CNC(=O)C1CCCN(c2nnc(C(C)Cl)o2)C1. The van der Waals surface area contributed by atoms with Crippen LogP contribution in [-0.2, 0) is 4.79 Å². The molecule has 1 aromatic heterocycles. The van der Waals surface area contributed by atoms with Gasteiger partial charge in [0.1, 0.15) is 5.38 Å². The van der Waals surface area contributed by atoms with E-state index in [0.717, 1.165) is 19.4 Å². The van der Waals surface area contributed by atoms with Gasteiger partial charge in [0.15, 0.2) is 0 Å². The minimum absolute atomic E-state index is 0.0208. The molecule has 1 fully saturated rings.